The smallest absolute Gasteiger partial charge is 0.411 e. The molecule has 0 atom stereocenters. The van der Waals surface area contributed by atoms with Crippen molar-refractivity contribution in [3.8, 4) is 0 Å². The molecule has 0 bridgehead atoms. The van der Waals surface area contributed by atoms with Gasteiger partial charge >= 0.3 is 18.2 Å². The molecule has 1 aromatic rings. The number of urea groups is 1. The third kappa shape index (κ3) is 7.48. The van der Waals surface area contributed by atoms with E-state index in [1.54, 1.807) is 12.1 Å². The summed E-state index contributed by atoms with van der Waals surface area (Å²) >= 11 is 0. The highest BCUT2D eigenvalue weighted by Crippen LogP contribution is 2.13. The molecule has 1 aromatic carbocycles. The zero-order valence-electron chi connectivity index (χ0n) is 11.4. The quantitative estimate of drug-likeness (QED) is 0.668. The third-order valence-electron chi connectivity index (χ3n) is 2.45. The highest BCUT2D eigenvalue weighted by molar-refractivity contribution is 5.87. The van der Waals surface area contributed by atoms with E-state index in [1.165, 1.54) is 12.1 Å². The number of carboxylic acid groups (broad SMARTS) is 1. The Bertz CT molecular complexity index is 503. The van der Waals surface area contributed by atoms with E-state index in [-0.39, 0.29) is 25.3 Å². The highest BCUT2D eigenvalue weighted by Gasteiger charge is 2.27. The van der Waals surface area contributed by atoms with Crippen molar-refractivity contribution in [2.24, 2.45) is 0 Å². The molecule has 0 heterocycles. The van der Waals surface area contributed by atoms with Crippen molar-refractivity contribution in [3.05, 3.63) is 35.4 Å². The summed E-state index contributed by atoms with van der Waals surface area (Å²) in [5, 5.41) is 13.5. The number of carbonyl (C=O) groups excluding carboxylic acids is 1. The van der Waals surface area contributed by atoms with Crippen LogP contribution < -0.4 is 10.6 Å². The van der Waals surface area contributed by atoms with Crippen molar-refractivity contribution in [2.75, 3.05) is 19.8 Å². The maximum absolute atomic E-state index is 11.8. The standard InChI is InChI=1S/C13H15F3N2O4/c14-13(15,16)8-22-6-5-17-12(21)18-7-9-1-3-10(4-2-9)11(19)20/h1-4H,5-8H2,(H,19,20)(H2,17,18,21). The summed E-state index contributed by atoms with van der Waals surface area (Å²) < 4.78 is 39.6. The maximum Gasteiger partial charge on any atom is 0.411 e. The van der Waals surface area contributed by atoms with Crippen LogP contribution in [0.4, 0.5) is 18.0 Å². The van der Waals surface area contributed by atoms with E-state index < -0.39 is 24.8 Å². The lowest BCUT2D eigenvalue weighted by Gasteiger charge is -2.09. The van der Waals surface area contributed by atoms with E-state index in [4.69, 9.17) is 5.11 Å². The van der Waals surface area contributed by atoms with Crippen molar-refractivity contribution in [3.63, 3.8) is 0 Å². The normalized spacial score (nSPS) is 11.0. The van der Waals surface area contributed by atoms with E-state index in [1.807, 2.05) is 0 Å². The number of nitrogens with one attached hydrogen (secondary N) is 2. The molecule has 9 heteroatoms. The molecule has 0 aliphatic rings. The van der Waals surface area contributed by atoms with Gasteiger partial charge in [0, 0.05) is 13.1 Å². The van der Waals surface area contributed by atoms with Gasteiger partial charge in [-0.15, -0.1) is 0 Å². The number of aromatic carboxylic acids is 1. The minimum Gasteiger partial charge on any atom is -0.478 e. The second kappa shape index (κ2) is 8.23. The van der Waals surface area contributed by atoms with E-state index in [0.717, 1.165) is 0 Å². The molecule has 0 aliphatic carbocycles. The summed E-state index contributed by atoms with van der Waals surface area (Å²) in [5.74, 6) is -1.05. The molecule has 0 radical (unpaired) electrons. The van der Waals surface area contributed by atoms with Gasteiger partial charge in [0.15, 0.2) is 0 Å². The molecule has 2 amide bonds. The highest BCUT2D eigenvalue weighted by atomic mass is 19.4. The summed E-state index contributed by atoms with van der Waals surface area (Å²) in [5.41, 5.74) is 0.823. The molecule has 6 nitrogen and oxygen atoms in total. The summed E-state index contributed by atoms with van der Waals surface area (Å²) in [6.45, 7) is -1.50. The van der Waals surface area contributed by atoms with Crippen LogP contribution >= 0.6 is 0 Å². The van der Waals surface area contributed by atoms with Crippen LogP contribution in [0.1, 0.15) is 15.9 Å². The molecule has 22 heavy (non-hydrogen) atoms. The van der Waals surface area contributed by atoms with Crippen LogP contribution in [-0.2, 0) is 11.3 Å². The molecule has 0 aromatic heterocycles. The number of carboxylic acids is 1. The topological polar surface area (TPSA) is 87.7 Å². The van der Waals surface area contributed by atoms with Crippen molar-refractivity contribution >= 4 is 12.0 Å². The van der Waals surface area contributed by atoms with Crippen LogP contribution in [0.25, 0.3) is 0 Å². The molecule has 3 N–H and O–H groups in total. The van der Waals surface area contributed by atoms with E-state index in [9.17, 15) is 22.8 Å². The molecule has 0 saturated carbocycles. The van der Waals surface area contributed by atoms with Crippen molar-refractivity contribution in [1.82, 2.24) is 10.6 Å². The molecule has 0 unspecified atom stereocenters. The van der Waals surface area contributed by atoms with Gasteiger partial charge < -0.3 is 20.5 Å². The fraction of sp³-hybridized carbons (Fsp3) is 0.385. The Morgan fingerprint density at radius 1 is 1.14 bits per heavy atom. The Morgan fingerprint density at radius 2 is 1.77 bits per heavy atom. The molecular formula is C13H15F3N2O4. The van der Waals surface area contributed by atoms with E-state index in [2.05, 4.69) is 15.4 Å². The van der Waals surface area contributed by atoms with Gasteiger partial charge in [-0.05, 0) is 17.7 Å². The number of halogens is 3. The van der Waals surface area contributed by atoms with Crippen molar-refractivity contribution in [1.29, 1.82) is 0 Å². The first-order valence-corrected chi connectivity index (χ1v) is 6.26. The van der Waals surface area contributed by atoms with Gasteiger partial charge in [-0.1, -0.05) is 12.1 Å². The summed E-state index contributed by atoms with van der Waals surface area (Å²) in [6.07, 6.45) is -4.38. The van der Waals surface area contributed by atoms with Gasteiger partial charge in [0.25, 0.3) is 0 Å². The Hall–Kier alpha value is -2.29. The third-order valence-corrected chi connectivity index (χ3v) is 2.45. The zero-order valence-corrected chi connectivity index (χ0v) is 11.4. The lowest BCUT2D eigenvalue weighted by Crippen LogP contribution is -2.37. The van der Waals surface area contributed by atoms with Crippen LogP contribution in [0, 0.1) is 0 Å². The lowest BCUT2D eigenvalue weighted by atomic mass is 10.1. The lowest BCUT2D eigenvalue weighted by molar-refractivity contribution is -0.173. The van der Waals surface area contributed by atoms with Crippen LogP contribution in [0.15, 0.2) is 24.3 Å². The first-order valence-electron chi connectivity index (χ1n) is 6.26. The van der Waals surface area contributed by atoms with E-state index >= 15 is 0 Å². The first-order chi connectivity index (χ1) is 10.3. The molecule has 0 saturated heterocycles. The molecular weight excluding hydrogens is 305 g/mol. The van der Waals surface area contributed by atoms with Crippen LogP contribution in [0.5, 0.6) is 0 Å². The predicted octanol–water partition coefficient (Wildman–Crippen LogP) is 1.76. The number of ether oxygens (including phenoxy) is 1. The monoisotopic (exact) mass is 320 g/mol. The number of hydrogen-bond donors (Lipinski definition) is 3. The maximum atomic E-state index is 11.8. The largest absolute Gasteiger partial charge is 0.478 e. The minimum atomic E-state index is -4.38. The van der Waals surface area contributed by atoms with Crippen LogP contribution in [0.3, 0.4) is 0 Å². The molecule has 0 fully saturated rings. The summed E-state index contributed by atoms with van der Waals surface area (Å²) in [7, 11) is 0. The number of benzene rings is 1. The number of hydrogen-bond acceptors (Lipinski definition) is 3. The summed E-state index contributed by atoms with van der Waals surface area (Å²) in [4.78, 5) is 22.0. The SMILES string of the molecule is O=C(NCCOCC(F)(F)F)NCc1ccc(C(=O)O)cc1. The molecule has 122 valence electrons. The fourth-order valence-corrected chi connectivity index (χ4v) is 1.43. The Morgan fingerprint density at radius 3 is 2.32 bits per heavy atom. The minimum absolute atomic E-state index is 0.0557. The number of carbonyl (C=O) groups is 2. The Kier molecular flexibility index (Phi) is 6.64. The average molecular weight is 320 g/mol. The van der Waals surface area contributed by atoms with E-state index in [0.29, 0.717) is 5.56 Å². The molecule has 1 rings (SSSR count). The van der Waals surface area contributed by atoms with Gasteiger partial charge in [-0.2, -0.15) is 13.2 Å². The van der Waals surface area contributed by atoms with Crippen molar-refractivity contribution < 1.29 is 32.6 Å². The first kappa shape index (κ1) is 17.8. The van der Waals surface area contributed by atoms with Gasteiger partial charge in [-0.25, -0.2) is 9.59 Å². The van der Waals surface area contributed by atoms with Crippen molar-refractivity contribution in [2.45, 2.75) is 12.7 Å². The Balaban J connectivity index is 2.19. The van der Waals surface area contributed by atoms with Gasteiger partial charge in [0.2, 0.25) is 0 Å². The summed E-state index contributed by atoms with van der Waals surface area (Å²) in [6, 6.07) is 5.36. The number of alkyl halides is 3. The number of rotatable bonds is 7. The van der Waals surface area contributed by atoms with Gasteiger partial charge in [-0.3, -0.25) is 0 Å². The Labute approximate surface area is 124 Å². The average Bonchev–Trinajstić information content (AvgIpc) is 2.44. The molecule has 0 spiro atoms. The van der Waals surface area contributed by atoms with Crippen LogP contribution in [-0.4, -0.2) is 43.0 Å². The zero-order chi connectivity index (χ0) is 16.6. The fourth-order valence-electron chi connectivity index (χ4n) is 1.43. The van der Waals surface area contributed by atoms with Gasteiger partial charge in [0.05, 0.1) is 12.2 Å². The number of amides is 2. The molecule has 0 aliphatic heterocycles. The van der Waals surface area contributed by atoms with Crippen LogP contribution in [0.2, 0.25) is 0 Å². The second-order valence-corrected chi connectivity index (χ2v) is 4.28. The second-order valence-electron chi connectivity index (χ2n) is 4.28. The van der Waals surface area contributed by atoms with Gasteiger partial charge in [0.1, 0.15) is 6.61 Å². The predicted molar refractivity (Wildman–Crippen MR) is 70.5 cm³/mol.